The van der Waals surface area contributed by atoms with E-state index in [9.17, 15) is 9.50 Å². The van der Waals surface area contributed by atoms with Gasteiger partial charge in [-0.1, -0.05) is 30.3 Å². The number of methoxy groups -OCH3 is 1. The second kappa shape index (κ2) is 7.38. The molecular weight excluding hydrogens is 281 g/mol. The Morgan fingerprint density at radius 1 is 1.18 bits per heavy atom. The van der Waals surface area contributed by atoms with E-state index in [0.29, 0.717) is 17.9 Å². The highest BCUT2D eigenvalue weighted by Gasteiger charge is 2.15. The van der Waals surface area contributed by atoms with Crippen LogP contribution in [0.25, 0.3) is 0 Å². The lowest BCUT2D eigenvalue weighted by Gasteiger charge is -2.19. The average Bonchev–Trinajstić information content (AvgIpc) is 2.52. The molecule has 0 saturated carbocycles. The van der Waals surface area contributed by atoms with Crippen molar-refractivity contribution in [1.29, 1.82) is 0 Å². The summed E-state index contributed by atoms with van der Waals surface area (Å²) >= 11 is 0. The normalized spacial score (nSPS) is 13.7. The van der Waals surface area contributed by atoms with Crippen molar-refractivity contribution in [3.63, 3.8) is 0 Å². The molecule has 0 radical (unpaired) electrons. The number of halogens is 1. The monoisotopic (exact) mass is 303 g/mol. The van der Waals surface area contributed by atoms with Gasteiger partial charge in [0.2, 0.25) is 0 Å². The Morgan fingerprint density at radius 3 is 2.55 bits per heavy atom. The van der Waals surface area contributed by atoms with Crippen molar-refractivity contribution in [1.82, 2.24) is 5.32 Å². The third-order valence-electron chi connectivity index (χ3n) is 3.84. The number of aryl methyl sites for hydroxylation is 1. The van der Waals surface area contributed by atoms with Gasteiger partial charge in [0.15, 0.2) is 0 Å². The Morgan fingerprint density at radius 2 is 1.91 bits per heavy atom. The van der Waals surface area contributed by atoms with Crippen LogP contribution in [0.1, 0.15) is 35.8 Å². The summed E-state index contributed by atoms with van der Waals surface area (Å²) in [5.41, 5.74) is 2.48. The predicted molar refractivity (Wildman–Crippen MR) is 85.5 cm³/mol. The summed E-state index contributed by atoms with van der Waals surface area (Å²) in [6.07, 6.45) is -0.620. The summed E-state index contributed by atoms with van der Waals surface area (Å²) in [4.78, 5) is 0. The minimum absolute atomic E-state index is 0.204. The highest BCUT2D eigenvalue weighted by molar-refractivity contribution is 5.31. The van der Waals surface area contributed by atoms with E-state index in [1.165, 1.54) is 13.2 Å². The molecule has 0 aromatic heterocycles. The van der Waals surface area contributed by atoms with Gasteiger partial charge in [-0.25, -0.2) is 4.39 Å². The largest absolute Gasteiger partial charge is 0.497 e. The lowest BCUT2D eigenvalue weighted by molar-refractivity contribution is 0.170. The van der Waals surface area contributed by atoms with Gasteiger partial charge in [0.25, 0.3) is 0 Å². The fourth-order valence-electron chi connectivity index (χ4n) is 2.45. The average molecular weight is 303 g/mol. The molecule has 2 aromatic carbocycles. The standard InChI is InChI=1S/C18H22FNO2/c1-12-6-4-5-7-15(12)18(21)11-20-13(2)16-9-8-14(22-3)10-17(16)19/h4-10,13,18,20-21H,11H2,1-3H3. The van der Waals surface area contributed by atoms with Crippen LogP contribution < -0.4 is 10.1 Å². The van der Waals surface area contributed by atoms with Gasteiger partial charge in [0.1, 0.15) is 11.6 Å². The van der Waals surface area contributed by atoms with Crippen molar-refractivity contribution in [3.05, 3.63) is 65.0 Å². The SMILES string of the molecule is COc1ccc(C(C)NCC(O)c2ccccc2C)c(F)c1. The van der Waals surface area contributed by atoms with Gasteiger partial charge in [0.05, 0.1) is 13.2 Å². The van der Waals surface area contributed by atoms with Crippen LogP contribution in [0.15, 0.2) is 42.5 Å². The molecule has 2 N–H and O–H groups in total. The third kappa shape index (κ3) is 3.84. The Hall–Kier alpha value is -1.91. The molecule has 118 valence electrons. The molecule has 0 aliphatic carbocycles. The van der Waals surface area contributed by atoms with E-state index in [2.05, 4.69) is 5.32 Å². The van der Waals surface area contributed by atoms with Crippen LogP contribution >= 0.6 is 0 Å². The number of hydrogen-bond donors (Lipinski definition) is 2. The molecule has 0 saturated heterocycles. The molecule has 2 rings (SSSR count). The summed E-state index contributed by atoms with van der Waals surface area (Å²) in [7, 11) is 1.51. The van der Waals surface area contributed by atoms with Crippen LogP contribution in [0.3, 0.4) is 0 Å². The number of nitrogens with one attached hydrogen (secondary N) is 1. The first kappa shape index (κ1) is 16.5. The second-order valence-electron chi connectivity index (χ2n) is 5.39. The van der Waals surface area contributed by atoms with Gasteiger partial charge >= 0.3 is 0 Å². The molecule has 0 fully saturated rings. The van der Waals surface area contributed by atoms with E-state index in [1.807, 2.05) is 38.1 Å². The lowest BCUT2D eigenvalue weighted by Crippen LogP contribution is -2.25. The highest BCUT2D eigenvalue weighted by Crippen LogP contribution is 2.23. The van der Waals surface area contributed by atoms with Crippen LogP contribution in [-0.4, -0.2) is 18.8 Å². The fraction of sp³-hybridized carbons (Fsp3) is 0.333. The molecule has 2 aromatic rings. The zero-order chi connectivity index (χ0) is 16.1. The fourth-order valence-corrected chi connectivity index (χ4v) is 2.45. The molecule has 0 spiro atoms. The van der Waals surface area contributed by atoms with Gasteiger partial charge in [-0.2, -0.15) is 0 Å². The molecule has 4 heteroatoms. The Kier molecular flexibility index (Phi) is 5.52. The molecule has 0 aliphatic rings. The van der Waals surface area contributed by atoms with Gasteiger partial charge in [-0.15, -0.1) is 0 Å². The van der Waals surface area contributed by atoms with Crippen LogP contribution in [0, 0.1) is 12.7 Å². The number of benzene rings is 2. The van der Waals surface area contributed by atoms with Crippen molar-refractivity contribution in [2.24, 2.45) is 0 Å². The topological polar surface area (TPSA) is 41.5 Å². The molecule has 0 aliphatic heterocycles. The summed E-state index contributed by atoms with van der Waals surface area (Å²) in [6, 6.07) is 12.3. The Bertz CT molecular complexity index is 630. The Balaban J connectivity index is 2.01. The van der Waals surface area contributed by atoms with Gasteiger partial charge in [0, 0.05) is 24.2 Å². The van der Waals surface area contributed by atoms with E-state index < -0.39 is 6.10 Å². The van der Waals surface area contributed by atoms with Crippen molar-refractivity contribution in [2.75, 3.05) is 13.7 Å². The number of rotatable bonds is 6. The van der Waals surface area contributed by atoms with Crippen molar-refractivity contribution in [2.45, 2.75) is 26.0 Å². The maximum atomic E-state index is 14.0. The van der Waals surface area contributed by atoms with Gasteiger partial charge in [-0.3, -0.25) is 0 Å². The zero-order valence-corrected chi connectivity index (χ0v) is 13.1. The highest BCUT2D eigenvalue weighted by atomic mass is 19.1. The maximum absolute atomic E-state index is 14.0. The summed E-state index contributed by atoms with van der Waals surface area (Å²) in [6.45, 7) is 4.19. The summed E-state index contributed by atoms with van der Waals surface area (Å²) < 4.78 is 19.0. The first-order chi connectivity index (χ1) is 10.5. The molecule has 0 heterocycles. The maximum Gasteiger partial charge on any atom is 0.131 e. The van der Waals surface area contributed by atoms with Gasteiger partial charge in [-0.05, 0) is 31.0 Å². The molecule has 2 unspecified atom stereocenters. The number of aliphatic hydroxyl groups excluding tert-OH is 1. The van der Waals surface area contributed by atoms with Crippen LogP contribution in [0.5, 0.6) is 5.75 Å². The lowest BCUT2D eigenvalue weighted by atomic mass is 10.0. The predicted octanol–water partition coefficient (Wildman–Crippen LogP) is 3.53. The summed E-state index contributed by atoms with van der Waals surface area (Å²) in [5.74, 6) is 0.179. The van der Waals surface area contributed by atoms with Crippen LogP contribution in [0.2, 0.25) is 0 Å². The quantitative estimate of drug-likeness (QED) is 0.858. The minimum atomic E-state index is -0.620. The van der Waals surface area contributed by atoms with Gasteiger partial charge < -0.3 is 15.2 Å². The number of ether oxygens (including phenoxy) is 1. The van der Waals surface area contributed by atoms with E-state index in [4.69, 9.17) is 4.74 Å². The molecule has 0 bridgehead atoms. The minimum Gasteiger partial charge on any atom is -0.497 e. The molecule has 0 amide bonds. The smallest absolute Gasteiger partial charge is 0.131 e. The zero-order valence-electron chi connectivity index (χ0n) is 13.1. The third-order valence-corrected chi connectivity index (χ3v) is 3.84. The van der Waals surface area contributed by atoms with Crippen molar-refractivity contribution < 1.29 is 14.2 Å². The van der Waals surface area contributed by atoms with Crippen molar-refractivity contribution in [3.8, 4) is 5.75 Å². The van der Waals surface area contributed by atoms with Crippen molar-refractivity contribution >= 4 is 0 Å². The molecule has 22 heavy (non-hydrogen) atoms. The summed E-state index contributed by atoms with van der Waals surface area (Å²) in [5, 5.41) is 13.4. The van der Waals surface area contributed by atoms with Crippen LogP contribution in [-0.2, 0) is 0 Å². The second-order valence-corrected chi connectivity index (χ2v) is 5.39. The van der Waals surface area contributed by atoms with Crippen LogP contribution in [0.4, 0.5) is 4.39 Å². The number of hydrogen-bond acceptors (Lipinski definition) is 3. The van der Waals surface area contributed by atoms with E-state index in [0.717, 1.165) is 11.1 Å². The Labute approximate surface area is 130 Å². The first-order valence-electron chi connectivity index (χ1n) is 7.33. The first-order valence-corrected chi connectivity index (χ1v) is 7.33. The van der Waals surface area contributed by atoms with E-state index in [-0.39, 0.29) is 11.9 Å². The van der Waals surface area contributed by atoms with E-state index >= 15 is 0 Å². The molecule has 2 atom stereocenters. The van der Waals surface area contributed by atoms with E-state index in [1.54, 1.807) is 12.1 Å². The number of aliphatic hydroxyl groups is 1. The molecule has 3 nitrogen and oxygen atoms in total. The molecular formula is C18H22FNO2.